The van der Waals surface area contributed by atoms with E-state index in [-0.39, 0.29) is 0 Å². The summed E-state index contributed by atoms with van der Waals surface area (Å²) in [7, 11) is 0. The van der Waals surface area contributed by atoms with E-state index < -0.39 is 52.6 Å². The highest BCUT2D eigenvalue weighted by Crippen LogP contribution is 2.42. The minimum absolute atomic E-state index is 0.318. The maximum Gasteiger partial charge on any atom is 0.417 e. The summed E-state index contributed by atoms with van der Waals surface area (Å²) in [5.74, 6) is -1.88. The van der Waals surface area contributed by atoms with Crippen molar-refractivity contribution in [2.24, 2.45) is 5.41 Å². The average molecular weight is 395 g/mol. The number of alkyl halides is 6. The normalized spacial score (nSPS) is 15.0. The molecule has 0 aliphatic carbocycles. The Labute approximate surface area is 152 Å². The van der Waals surface area contributed by atoms with Crippen LogP contribution in [0.4, 0.5) is 32.0 Å². The molecular formula is C17H17F6N2O2-. The Morgan fingerprint density at radius 2 is 1.63 bits per heavy atom. The van der Waals surface area contributed by atoms with Gasteiger partial charge in [-0.05, 0) is 30.5 Å². The highest BCUT2D eigenvalue weighted by Gasteiger charge is 2.48. The molecule has 1 aromatic carbocycles. The van der Waals surface area contributed by atoms with E-state index in [1.807, 2.05) is 0 Å². The third-order valence-corrected chi connectivity index (χ3v) is 4.48. The van der Waals surface area contributed by atoms with Gasteiger partial charge in [-0.25, -0.2) is 0 Å². The predicted octanol–water partition coefficient (Wildman–Crippen LogP) is 3.50. The van der Waals surface area contributed by atoms with Crippen molar-refractivity contribution in [3.8, 4) is 6.07 Å². The van der Waals surface area contributed by atoms with Gasteiger partial charge in [0, 0.05) is 5.69 Å². The van der Waals surface area contributed by atoms with E-state index in [0.29, 0.717) is 17.0 Å². The molecule has 1 atom stereocenters. The molecule has 0 aromatic heterocycles. The first-order valence-electron chi connectivity index (χ1n) is 7.62. The first-order valence-corrected chi connectivity index (χ1v) is 7.62. The van der Waals surface area contributed by atoms with E-state index in [0.717, 1.165) is 13.0 Å². The van der Waals surface area contributed by atoms with Crippen LogP contribution in [-0.2, 0) is 11.0 Å². The van der Waals surface area contributed by atoms with Gasteiger partial charge in [0.2, 0.25) is 0 Å². The van der Waals surface area contributed by atoms with Crippen molar-refractivity contribution < 1.29 is 36.2 Å². The maximum absolute atomic E-state index is 13.2. The smallest absolute Gasteiger partial charge is 0.417 e. The molecule has 1 aromatic rings. The number of benzene rings is 1. The van der Waals surface area contributed by atoms with Crippen LogP contribution in [0.15, 0.2) is 18.2 Å². The Bertz CT molecular complexity index is 759. The molecule has 0 saturated heterocycles. The summed E-state index contributed by atoms with van der Waals surface area (Å²) in [6.45, 7) is 3.14. The Morgan fingerprint density at radius 1 is 1.11 bits per heavy atom. The highest BCUT2D eigenvalue weighted by molar-refractivity contribution is 5.83. The molecule has 150 valence electrons. The Morgan fingerprint density at radius 3 is 1.96 bits per heavy atom. The molecule has 0 N–H and O–H groups in total. The summed E-state index contributed by atoms with van der Waals surface area (Å²) in [5, 5.41) is 20.6. The number of carboxylic acids is 1. The number of nitrogens with zero attached hydrogens (tertiary/aromatic N) is 2. The van der Waals surface area contributed by atoms with E-state index >= 15 is 0 Å². The van der Waals surface area contributed by atoms with Crippen LogP contribution in [-0.4, -0.2) is 24.2 Å². The van der Waals surface area contributed by atoms with Crippen LogP contribution in [0.1, 0.15) is 38.8 Å². The zero-order chi connectivity index (χ0) is 21.4. The monoisotopic (exact) mass is 395 g/mol. The molecule has 0 aliphatic rings. The number of hydrogen-bond acceptors (Lipinski definition) is 4. The number of carboxylic acid groups (broad SMARTS) is 1. The summed E-state index contributed by atoms with van der Waals surface area (Å²) < 4.78 is 78.9. The van der Waals surface area contributed by atoms with Crippen LogP contribution in [0.25, 0.3) is 0 Å². The van der Waals surface area contributed by atoms with Crippen molar-refractivity contribution in [2.75, 3.05) is 11.4 Å². The number of hydrogen-bond donors (Lipinski definition) is 0. The molecule has 0 aliphatic heterocycles. The second-order valence-electron chi connectivity index (χ2n) is 7.15. The summed E-state index contributed by atoms with van der Waals surface area (Å²) >= 11 is 0. The van der Waals surface area contributed by atoms with Gasteiger partial charge in [0.15, 0.2) is 0 Å². The van der Waals surface area contributed by atoms with Gasteiger partial charge in [0.05, 0.1) is 28.7 Å². The van der Waals surface area contributed by atoms with Gasteiger partial charge in [-0.15, -0.1) is 0 Å². The first kappa shape index (κ1) is 22.6. The van der Waals surface area contributed by atoms with E-state index in [2.05, 4.69) is 0 Å². The summed E-state index contributed by atoms with van der Waals surface area (Å²) in [6, 6.07) is 3.23. The number of nitriles is 1. The summed E-state index contributed by atoms with van der Waals surface area (Å²) in [4.78, 5) is 12.1. The maximum atomic E-state index is 13.2. The zero-order valence-corrected chi connectivity index (χ0v) is 14.9. The number of carbonyl (C=O) groups excluding carboxylic acids is 1. The van der Waals surface area contributed by atoms with Crippen molar-refractivity contribution in [3.05, 3.63) is 29.3 Å². The van der Waals surface area contributed by atoms with Crippen LogP contribution in [0, 0.1) is 16.7 Å². The standard InChI is InChI=1S/C17H18F6N2O2/c1-14(2,3)15(4,13(26)27)25(9-16(18,19)20)11-6-5-10(8-24)12(7-11)17(21,22)23/h5-7H,9H2,1-4H3,(H,26,27)/p-1/t15-/m0/s1. The summed E-state index contributed by atoms with van der Waals surface area (Å²) in [5.41, 5.74) is -6.53. The van der Waals surface area contributed by atoms with E-state index in [1.54, 1.807) is 0 Å². The lowest BCUT2D eigenvalue weighted by Crippen LogP contribution is -2.66. The second-order valence-corrected chi connectivity index (χ2v) is 7.15. The molecule has 27 heavy (non-hydrogen) atoms. The van der Waals surface area contributed by atoms with Crippen LogP contribution in [0.2, 0.25) is 0 Å². The molecule has 0 radical (unpaired) electrons. The molecule has 0 bridgehead atoms. The van der Waals surface area contributed by atoms with Crippen molar-refractivity contribution in [1.29, 1.82) is 5.26 Å². The van der Waals surface area contributed by atoms with Gasteiger partial charge in [-0.1, -0.05) is 20.8 Å². The predicted molar refractivity (Wildman–Crippen MR) is 82.4 cm³/mol. The lowest BCUT2D eigenvalue weighted by Gasteiger charge is -2.52. The van der Waals surface area contributed by atoms with Gasteiger partial charge in [-0.2, -0.15) is 31.6 Å². The van der Waals surface area contributed by atoms with Gasteiger partial charge in [0.25, 0.3) is 0 Å². The molecule has 0 amide bonds. The minimum Gasteiger partial charge on any atom is -0.548 e. The van der Waals surface area contributed by atoms with Crippen LogP contribution in [0.3, 0.4) is 0 Å². The van der Waals surface area contributed by atoms with Gasteiger partial charge >= 0.3 is 12.4 Å². The Kier molecular flexibility index (Phi) is 5.81. The van der Waals surface area contributed by atoms with Crippen molar-refractivity contribution >= 4 is 11.7 Å². The first-order chi connectivity index (χ1) is 11.9. The lowest BCUT2D eigenvalue weighted by atomic mass is 9.73. The fourth-order valence-electron chi connectivity index (χ4n) is 2.54. The van der Waals surface area contributed by atoms with Crippen LogP contribution < -0.4 is 10.0 Å². The van der Waals surface area contributed by atoms with Gasteiger partial charge < -0.3 is 14.8 Å². The van der Waals surface area contributed by atoms with E-state index in [1.165, 1.54) is 26.8 Å². The number of halogens is 6. The van der Waals surface area contributed by atoms with Gasteiger partial charge in [0.1, 0.15) is 6.54 Å². The molecule has 0 fully saturated rings. The zero-order valence-electron chi connectivity index (χ0n) is 14.9. The molecule has 4 nitrogen and oxygen atoms in total. The Balaban J connectivity index is 3.78. The molecule has 0 unspecified atom stereocenters. The fourth-order valence-corrected chi connectivity index (χ4v) is 2.54. The minimum atomic E-state index is -5.01. The highest BCUT2D eigenvalue weighted by atomic mass is 19.4. The third kappa shape index (κ3) is 4.64. The quantitative estimate of drug-likeness (QED) is 0.732. The van der Waals surface area contributed by atoms with Crippen molar-refractivity contribution in [3.63, 3.8) is 0 Å². The van der Waals surface area contributed by atoms with E-state index in [4.69, 9.17) is 5.26 Å². The SMILES string of the molecule is CC(C)(C)[C@](C)(C(=O)[O-])N(CC(F)(F)F)c1ccc(C#N)c(C(F)(F)F)c1. The molecule has 1 rings (SSSR count). The molecule has 0 heterocycles. The van der Waals surface area contributed by atoms with E-state index in [9.17, 15) is 36.2 Å². The number of anilines is 1. The number of rotatable bonds is 4. The number of aliphatic carboxylic acids is 1. The lowest BCUT2D eigenvalue weighted by molar-refractivity contribution is -0.316. The Hall–Kier alpha value is -2.44. The molecular weight excluding hydrogens is 378 g/mol. The second kappa shape index (κ2) is 6.94. The van der Waals surface area contributed by atoms with Crippen molar-refractivity contribution in [2.45, 2.75) is 45.6 Å². The average Bonchev–Trinajstić information content (AvgIpc) is 2.48. The molecule has 0 saturated carbocycles. The topological polar surface area (TPSA) is 67.2 Å². The molecule has 0 spiro atoms. The summed E-state index contributed by atoms with van der Waals surface area (Å²) in [6.07, 6.45) is -9.92. The molecule has 10 heteroatoms. The van der Waals surface area contributed by atoms with Crippen LogP contribution >= 0.6 is 0 Å². The van der Waals surface area contributed by atoms with Gasteiger partial charge in [-0.3, -0.25) is 0 Å². The number of carbonyl (C=O) groups is 1. The fraction of sp³-hybridized carbons (Fsp3) is 0.529. The van der Waals surface area contributed by atoms with Crippen molar-refractivity contribution in [1.82, 2.24) is 0 Å². The largest absolute Gasteiger partial charge is 0.548 e. The van der Waals surface area contributed by atoms with Crippen LogP contribution in [0.5, 0.6) is 0 Å². The third-order valence-electron chi connectivity index (χ3n) is 4.48.